The first-order valence-corrected chi connectivity index (χ1v) is 9.59. The second kappa shape index (κ2) is 12.3. The Morgan fingerprint density at radius 1 is 0.741 bits per heavy atom. The van der Waals surface area contributed by atoms with Crippen molar-refractivity contribution in [2.45, 2.75) is 37.9 Å². The van der Waals surface area contributed by atoms with Gasteiger partial charge >= 0.3 is 0 Å². The summed E-state index contributed by atoms with van der Waals surface area (Å²) in [7, 11) is 0. The van der Waals surface area contributed by atoms with Gasteiger partial charge in [0, 0.05) is 0 Å². The van der Waals surface area contributed by atoms with Crippen LogP contribution in [0, 0.1) is 5.92 Å². The summed E-state index contributed by atoms with van der Waals surface area (Å²) < 4.78 is 11.2. The number of hydrogen-bond donors (Lipinski definition) is 3. The SMILES string of the molecule is NCCCC(CC(O)COc1ccccc1)CC(O)COc1ccccc1. The molecule has 2 atom stereocenters. The summed E-state index contributed by atoms with van der Waals surface area (Å²) >= 11 is 0. The summed E-state index contributed by atoms with van der Waals surface area (Å²) in [6.07, 6.45) is 1.68. The number of aliphatic hydroxyl groups is 2. The third-order valence-electron chi connectivity index (χ3n) is 4.40. The topological polar surface area (TPSA) is 84.9 Å². The summed E-state index contributed by atoms with van der Waals surface area (Å²) in [4.78, 5) is 0. The Morgan fingerprint density at radius 3 is 1.59 bits per heavy atom. The monoisotopic (exact) mass is 373 g/mol. The van der Waals surface area contributed by atoms with Crippen LogP contribution in [0.1, 0.15) is 25.7 Å². The summed E-state index contributed by atoms with van der Waals surface area (Å²) in [5, 5.41) is 20.7. The lowest BCUT2D eigenvalue weighted by molar-refractivity contribution is 0.0515. The lowest BCUT2D eigenvalue weighted by Gasteiger charge is -2.23. The van der Waals surface area contributed by atoms with Crippen molar-refractivity contribution in [3.63, 3.8) is 0 Å². The van der Waals surface area contributed by atoms with Crippen LogP contribution in [0.3, 0.4) is 0 Å². The number of benzene rings is 2. The highest BCUT2D eigenvalue weighted by molar-refractivity contribution is 5.21. The maximum atomic E-state index is 10.3. The van der Waals surface area contributed by atoms with Crippen LogP contribution in [-0.2, 0) is 0 Å². The van der Waals surface area contributed by atoms with E-state index in [2.05, 4.69) is 0 Å². The van der Waals surface area contributed by atoms with Crippen molar-refractivity contribution in [3.05, 3.63) is 60.7 Å². The molecule has 4 N–H and O–H groups in total. The average molecular weight is 373 g/mol. The van der Waals surface area contributed by atoms with Crippen LogP contribution in [0.25, 0.3) is 0 Å². The predicted molar refractivity (Wildman–Crippen MR) is 107 cm³/mol. The molecule has 0 aliphatic heterocycles. The van der Waals surface area contributed by atoms with Gasteiger partial charge in [-0.15, -0.1) is 0 Å². The van der Waals surface area contributed by atoms with Gasteiger partial charge in [-0.1, -0.05) is 36.4 Å². The fourth-order valence-corrected chi connectivity index (χ4v) is 3.06. The van der Waals surface area contributed by atoms with Crippen molar-refractivity contribution in [1.29, 1.82) is 0 Å². The van der Waals surface area contributed by atoms with Crippen LogP contribution in [-0.4, -0.2) is 42.2 Å². The largest absolute Gasteiger partial charge is 0.491 e. The van der Waals surface area contributed by atoms with Gasteiger partial charge in [0.1, 0.15) is 24.7 Å². The molecule has 2 aromatic rings. The van der Waals surface area contributed by atoms with E-state index in [0.29, 0.717) is 19.4 Å². The van der Waals surface area contributed by atoms with Gasteiger partial charge in [0.25, 0.3) is 0 Å². The minimum Gasteiger partial charge on any atom is -0.491 e. The van der Waals surface area contributed by atoms with E-state index < -0.39 is 12.2 Å². The highest BCUT2D eigenvalue weighted by Crippen LogP contribution is 2.21. The first-order chi connectivity index (χ1) is 13.2. The Labute approximate surface area is 161 Å². The van der Waals surface area contributed by atoms with Gasteiger partial charge < -0.3 is 25.4 Å². The van der Waals surface area contributed by atoms with Gasteiger partial charge in [0.05, 0.1) is 12.2 Å². The number of nitrogens with two attached hydrogens (primary N) is 1. The third-order valence-corrected chi connectivity index (χ3v) is 4.40. The summed E-state index contributed by atoms with van der Waals surface area (Å²) in [6.45, 7) is 1.07. The minimum absolute atomic E-state index is 0.164. The van der Waals surface area contributed by atoms with E-state index >= 15 is 0 Å². The van der Waals surface area contributed by atoms with E-state index in [-0.39, 0.29) is 19.1 Å². The summed E-state index contributed by atoms with van der Waals surface area (Å²) in [5.41, 5.74) is 5.63. The number of para-hydroxylation sites is 2. The van der Waals surface area contributed by atoms with Crippen molar-refractivity contribution < 1.29 is 19.7 Å². The fourth-order valence-electron chi connectivity index (χ4n) is 3.06. The normalized spacial score (nSPS) is 14.3. The lowest BCUT2D eigenvalue weighted by atomic mass is 9.91. The van der Waals surface area contributed by atoms with E-state index in [1.54, 1.807) is 0 Å². The molecule has 0 aliphatic carbocycles. The van der Waals surface area contributed by atoms with Crippen molar-refractivity contribution in [2.75, 3.05) is 19.8 Å². The van der Waals surface area contributed by atoms with E-state index in [9.17, 15) is 10.2 Å². The second-order valence-electron chi connectivity index (χ2n) is 6.82. The molecule has 2 aromatic carbocycles. The van der Waals surface area contributed by atoms with Crippen LogP contribution < -0.4 is 15.2 Å². The van der Waals surface area contributed by atoms with Crippen LogP contribution in [0.15, 0.2) is 60.7 Å². The number of hydrogen-bond acceptors (Lipinski definition) is 5. The molecule has 2 rings (SSSR count). The second-order valence-corrected chi connectivity index (χ2v) is 6.82. The molecule has 0 radical (unpaired) electrons. The molecule has 0 heterocycles. The van der Waals surface area contributed by atoms with E-state index in [1.165, 1.54) is 0 Å². The van der Waals surface area contributed by atoms with Crippen LogP contribution in [0.4, 0.5) is 0 Å². The first kappa shape index (κ1) is 21.2. The first-order valence-electron chi connectivity index (χ1n) is 9.59. The number of rotatable bonds is 13. The third kappa shape index (κ3) is 8.91. The Bertz CT molecular complexity index is 557. The lowest BCUT2D eigenvalue weighted by Crippen LogP contribution is -2.26. The van der Waals surface area contributed by atoms with Crippen molar-refractivity contribution in [3.8, 4) is 11.5 Å². The van der Waals surface area contributed by atoms with Gasteiger partial charge in [-0.3, -0.25) is 0 Å². The Morgan fingerprint density at radius 2 is 1.19 bits per heavy atom. The Kier molecular flexibility index (Phi) is 9.69. The van der Waals surface area contributed by atoms with Crippen molar-refractivity contribution >= 4 is 0 Å². The maximum Gasteiger partial charge on any atom is 0.119 e. The molecular weight excluding hydrogens is 342 g/mol. The quantitative estimate of drug-likeness (QED) is 0.503. The molecule has 5 nitrogen and oxygen atoms in total. The Balaban J connectivity index is 1.76. The molecule has 27 heavy (non-hydrogen) atoms. The zero-order valence-corrected chi connectivity index (χ0v) is 15.7. The van der Waals surface area contributed by atoms with Gasteiger partial charge in [0.15, 0.2) is 0 Å². The molecule has 0 aromatic heterocycles. The van der Waals surface area contributed by atoms with Gasteiger partial charge in [-0.25, -0.2) is 0 Å². The van der Waals surface area contributed by atoms with Gasteiger partial charge in [-0.2, -0.15) is 0 Å². The molecule has 0 amide bonds. The molecule has 0 bridgehead atoms. The Hall–Kier alpha value is -2.08. The molecule has 0 saturated heterocycles. The highest BCUT2D eigenvalue weighted by Gasteiger charge is 2.19. The number of ether oxygens (including phenoxy) is 2. The van der Waals surface area contributed by atoms with Gasteiger partial charge in [0.2, 0.25) is 0 Å². The maximum absolute atomic E-state index is 10.3. The zero-order chi connectivity index (χ0) is 19.3. The molecule has 0 spiro atoms. The highest BCUT2D eigenvalue weighted by atomic mass is 16.5. The molecule has 2 unspecified atom stereocenters. The van der Waals surface area contributed by atoms with Crippen molar-refractivity contribution in [1.82, 2.24) is 0 Å². The number of aliphatic hydroxyl groups excluding tert-OH is 2. The minimum atomic E-state index is -0.588. The molecule has 0 fully saturated rings. The van der Waals surface area contributed by atoms with E-state index in [0.717, 1.165) is 24.3 Å². The van der Waals surface area contributed by atoms with Crippen LogP contribution in [0.5, 0.6) is 11.5 Å². The van der Waals surface area contributed by atoms with Crippen LogP contribution >= 0.6 is 0 Å². The fraction of sp³-hybridized carbons (Fsp3) is 0.455. The smallest absolute Gasteiger partial charge is 0.119 e. The van der Waals surface area contributed by atoms with E-state index in [1.807, 2.05) is 60.7 Å². The van der Waals surface area contributed by atoms with E-state index in [4.69, 9.17) is 15.2 Å². The molecule has 5 heteroatoms. The predicted octanol–water partition coefficient (Wildman–Crippen LogP) is 3.00. The zero-order valence-electron chi connectivity index (χ0n) is 15.7. The van der Waals surface area contributed by atoms with Crippen molar-refractivity contribution in [2.24, 2.45) is 11.7 Å². The van der Waals surface area contributed by atoms with Crippen LogP contribution in [0.2, 0.25) is 0 Å². The molecule has 148 valence electrons. The van der Waals surface area contributed by atoms with Gasteiger partial charge in [-0.05, 0) is 62.4 Å². The molecular formula is C22H31NO4. The molecule has 0 saturated carbocycles. The summed E-state index contributed by atoms with van der Waals surface area (Å²) in [6, 6.07) is 18.9. The molecule has 0 aliphatic rings. The standard InChI is InChI=1S/C22H31NO4/c23-13-7-8-18(14-19(24)16-26-21-9-3-1-4-10-21)15-20(25)17-27-22-11-5-2-6-12-22/h1-6,9-12,18-20,24-25H,7-8,13-17,23H2. The average Bonchev–Trinajstić information content (AvgIpc) is 2.70. The summed E-state index contributed by atoms with van der Waals surface area (Å²) in [5.74, 6) is 1.65.